The molecule has 3 rings (SSSR count). The van der Waals surface area contributed by atoms with E-state index in [1.54, 1.807) is 31.2 Å². The highest BCUT2D eigenvalue weighted by Crippen LogP contribution is 2.32. The molecule has 3 aromatic carbocycles. The second-order valence-corrected chi connectivity index (χ2v) is 9.34. The Hall–Kier alpha value is -4.73. The van der Waals surface area contributed by atoms with Crippen LogP contribution in [0.3, 0.4) is 0 Å². The van der Waals surface area contributed by atoms with Crippen molar-refractivity contribution in [2.24, 2.45) is 0 Å². The van der Waals surface area contributed by atoms with Crippen molar-refractivity contribution in [1.29, 1.82) is 0 Å². The Morgan fingerprint density at radius 1 is 0.872 bits per heavy atom. The summed E-state index contributed by atoms with van der Waals surface area (Å²) in [6.07, 6.45) is -0.356. The fraction of sp³-hybridized carbons (Fsp3) is 0.276. The lowest BCUT2D eigenvalue weighted by Crippen LogP contribution is -2.21. The Morgan fingerprint density at radius 3 is 2.21 bits per heavy atom. The molecule has 0 saturated carbocycles. The first-order valence-electron chi connectivity index (χ1n) is 12.4. The number of amides is 2. The maximum Gasteiger partial charge on any atom is 0.306 e. The standard InChI is InChI=1S/C29H31N3O7/c1-18(2)24-12-5-19(3)15-26(24)39-23-10-8-21(9-11-23)30-27(33)13-14-29(35)38-17-28(34)31-22-7-6-20(4)25(16-22)32(36)37/h5-12,15-16,18H,13-14,17H2,1-4H3,(H,30,33)(H,31,34). The summed E-state index contributed by atoms with van der Waals surface area (Å²) in [6, 6.07) is 17.2. The van der Waals surface area contributed by atoms with E-state index >= 15 is 0 Å². The zero-order valence-corrected chi connectivity index (χ0v) is 22.3. The van der Waals surface area contributed by atoms with Crippen molar-refractivity contribution in [2.45, 2.75) is 46.5 Å². The largest absolute Gasteiger partial charge is 0.457 e. The minimum Gasteiger partial charge on any atom is -0.457 e. The molecule has 0 unspecified atom stereocenters. The Labute approximate surface area is 226 Å². The lowest BCUT2D eigenvalue weighted by atomic mass is 10.0. The molecule has 0 aliphatic heterocycles. The number of rotatable bonds is 11. The predicted molar refractivity (Wildman–Crippen MR) is 147 cm³/mol. The molecule has 2 N–H and O–H groups in total. The van der Waals surface area contributed by atoms with Gasteiger partial charge < -0.3 is 20.1 Å². The molecule has 0 heterocycles. The third kappa shape index (κ3) is 8.67. The maximum absolute atomic E-state index is 12.3. The normalized spacial score (nSPS) is 10.6. The van der Waals surface area contributed by atoms with Gasteiger partial charge in [0.2, 0.25) is 5.91 Å². The third-order valence-corrected chi connectivity index (χ3v) is 5.77. The number of carbonyl (C=O) groups excluding carboxylic acids is 3. The number of aryl methyl sites for hydroxylation is 2. The summed E-state index contributed by atoms with van der Waals surface area (Å²) in [5, 5.41) is 16.2. The van der Waals surface area contributed by atoms with Crippen LogP contribution in [0.25, 0.3) is 0 Å². The van der Waals surface area contributed by atoms with Gasteiger partial charge in [-0.3, -0.25) is 24.5 Å². The number of nitro groups is 1. The predicted octanol–water partition coefficient (Wildman–Crippen LogP) is 6.03. The van der Waals surface area contributed by atoms with E-state index in [0.717, 1.165) is 16.9 Å². The number of esters is 1. The van der Waals surface area contributed by atoms with Crippen molar-refractivity contribution in [2.75, 3.05) is 17.2 Å². The van der Waals surface area contributed by atoms with E-state index in [2.05, 4.69) is 30.5 Å². The van der Waals surface area contributed by atoms with Crippen LogP contribution >= 0.6 is 0 Å². The van der Waals surface area contributed by atoms with Gasteiger partial charge in [0.15, 0.2) is 6.61 Å². The minimum absolute atomic E-state index is 0.135. The Kier molecular flexibility index (Phi) is 9.75. The van der Waals surface area contributed by atoms with Gasteiger partial charge in [0.1, 0.15) is 11.5 Å². The highest BCUT2D eigenvalue weighted by molar-refractivity contribution is 5.94. The van der Waals surface area contributed by atoms with Crippen LogP contribution in [-0.4, -0.2) is 29.3 Å². The zero-order valence-electron chi connectivity index (χ0n) is 22.3. The van der Waals surface area contributed by atoms with Crippen molar-refractivity contribution in [1.82, 2.24) is 0 Å². The van der Waals surface area contributed by atoms with E-state index in [1.807, 2.05) is 19.1 Å². The summed E-state index contributed by atoms with van der Waals surface area (Å²) in [6.45, 7) is 7.20. The fourth-order valence-electron chi connectivity index (χ4n) is 3.68. The molecule has 0 aliphatic rings. The van der Waals surface area contributed by atoms with E-state index in [9.17, 15) is 24.5 Å². The lowest BCUT2D eigenvalue weighted by Gasteiger charge is -2.15. The number of nitrogens with zero attached hydrogens (tertiary/aromatic N) is 1. The van der Waals surface area contributed by atoms with Gasteiger partial charge >= 0.3 is 5.97 Å². The van der Waals surface area contributed by atoms with Crippen LogP contribution in [0.1, 0.15) is 49.3 Å². The molecule has 0 saturated heterocycles. The molecule has 0 radical (unpaired) electrons. The molecule has 0 aliphatic carbocycles. The van der Waals surface area contributed by atoms with Crippen LogP contribution in [0.4, 0.5) is 17.1 Å². The van der Waals surface area contributed by atoms with Crippen molar-refractivity contribution in [3.8, 4) is 11.5 Å². The number of benzene rings is 3. The summed E-state index contributed by atoms with van der Waals surface area (Å²) in [7, 11) is 0. The van der Waals surface area contributed by atoms with Gasteiger partial charge in [-0.25, -0.2) is 0 Å². The van der Waals surface area contributed by atoms with E-state index in [0.29, 0.717) is 22.9 Å². The first kappa shape index (κ1) is 28.8. The molecule has 2 amide bonds. The third-order valence-electron chi connectivity index (χ3n) is 5.77. The van der Waals surface area contributed by atoms with E-state index in [1.165, 1.54) is 18.2 Å². The summed E-state index contributed by atoms with van der Waals surface area (Å²) in [5.74, 6) is -0.0514. The molecule has 204 valence electrons. The fourth-order valence-corrected chi connectivity index (χ4v) is 3.68. The van der Waals surface area contributed by atoms with Crippen molar-refractivity contribution in [3.63, 3.8) is 0 Å². The number of nitrogens with one attached hydrogen (secondary N) is 2. The number of hydrogen-bond donors (Lipinski definition) is 2. The van der Waals surface area contributed by atoms with Gasteiger partial charge in [0.05, 0.1) is 11.3 Å². The molecule has 0 fully saturated rings. The van der Waals surface area contributed by atoms with Gasteiger partial charge in [0, 0.05) is 29.4 Å². The minimum atomic E-state index is -0.724. The van der Waals surface area contributed by atoms with Crippen LogP contribution in [0.2, 0.25) is 0 Å². The van der Waals surface area contributed by atoms with Gasteiger partial charge in [0.25, 0.3) is 11.6 Å². The highest BCUT2D eigenvalue weighted by atomic mass is 16.6. The van der Waals surface area contributed by atoms with Crippen LogP contribution < -0.4 is 15.4 Å². The smallest absolute Gasteiger partial charge is 0.306 e. The second-order valence-electron chi connectivity index (χ2n) is 9.34. The number of carbonyl (C=O) groups is 3. The van der Waals surface area contributed by atoms with Gasteiger partial charge in [-0.1, -0.05) is 32.0 Å². The second kappa shape index (κ2) is 13.2. The van der Waals surface area contributed by atoms with Crippen LogP contribution in [0.15, 0.2) is 60.7 Å². The molecule has 0 atom stereocenters. The summed E-state index contributed by atoms with van der Waals surface area (Å²) in [5.41, 5.74) is 3.26. The monoisotopic (exact) mass is 533 g/mol. The SMILES string of the molecule is Cc1ccc(C(C)C)c(Oc2ccc(NC(=O)CCC(=O)OCC(=O)Nc3ccc(C)c([N+](=O)[O-])c3)cc2)c1. The Balaban J connectivity index is 1.42. The number of nitro benzene ring substituents is 1. The first-order valence-corrected chi connectivity index (χ1v) is 12.4. The summed E-state index contributed by atoms with van der Waals surface area (Å²) < 4.78 is 11.0. The van der Waals surface area contributed by atoms with Gasteiger partial charge in [-0.15, -0.1) is 0 Å². The molecule has 3 aromatic rings. The molecule has 10 heteroatoms. The number of anilines is 2. The summed E-state index contributed by atoms with van der Waals surface area (Å²) in [4.78, 5) is 46.7. The van der Waals surface area contributed by atoms with Crippen LogP contribution in [0, 0.1) is 24.0 Å². The molecule has 0 aromatic heterocycles. The van der Waals surface area contributed by atoms with E-state index in [4.69, 9.17) is 9.47 Å². The Morgan fingerprint density at radius 2 is 1.54 bits per heavy atom. The van der Waals surface area contributed by atoms with E-state index < -0.39 is 29.3 Å². The molecular weight excluding hydrogens is 502 g/mol. The number of hydrogen-bond acceptors (Lipinski definition) is 7. The number of ether oxygens (including phenoxy) is 2. The molecule has 39 heavy (non-hydrogen) atoms. The molecule has 0 bridgehead atoms. The van der Waals surface area contributed by atoms with Gasteiger partial charge in [-0.2, -0.15) is 0 Å². The van der Waals surface area contributed by atoms with Crippen LogP contribution in [-0.2, 0) is 19.1 Å². The van der Waals surface area contributed by atoms with Crippen molar-refractivity contribution < 1.29 is 28.8 Å². The topological polar surface area (TPSA) is 137 Å². The molecular formula is C29H31N3O7. The first-order chi connectivity index (χ1) is 18.5. The van der Waals surface area contributed by atoms with Crippen molar-refractivity contribution >= 4 is 34.8 Å². The molecule has 0 spiro atoms. The Bertz CT molecular complexity index is 1370. The summed E-state index contributed by atoms with van der Waals surface area (Å²) >= 11 is 0. The van der Waals surface area contributed by atoms with Crippen LogP contribution in [0.5, 0.6) is 11.5 Å². The lowest BCUT2D eigenvalue weighted by molar-refractivity contribution is -0.385. The highest BCUT2D eigenvalue weighted by Gasteiger charge is 2.15. The average molecular weight is 534 g/mol. The van der Waals surface area contributed by atoms with Crippen molar-refractivity contribution in [3.05, 3.63) is 87.5 Å². The van der Waals surface area contributed by atoms with E-state index in [-0.39, 0.29) is 24.2 Å². The average Bonchev–Trinajstić information content (AvgIpc) is 2.88. The maximum atomic E-state index is 12.3. The molecule has 10 nitrogen and oxygen atoms in total. The van der Waals surface area contributed by atoms with Gasteiger partial charge in [-0.05, 0) is 67.3 Å². The quantitative estimate of drug-likeness (QED) is 0.174. The zero-order chi connectivity index (χ0) is 28.5.